The fourth-order valence-electron chi connectivity index (χ4n) is 6.25. The van der Waals surface area contributed by atoms with Gasteiger partial charge in [-0.1, -0.05) is 0 Å². The van der Waals surface area contributed by atoms with Crippen LogP contribution in [0, 0.1) is 0 Å². The van der Waals surface area contributed by atoms with Crippen molar-refractivity contribution in [2.24, 2.45) is 0 Å². The van der Waals surface area contributed by atoms with E-state index in [-0.39, 0.29) is 41.1 Å². The number of hydrogen-bond acceptors (Lipinski definition) is 8. The normalized spacial score (nSPS) is 14.1. The van der Waals surface area contributed by atoms with Crippen LogP contribution in [0.3, 0.4) is 0 Å². The van der Waals surface area contributed by atoms with Gasteiger partial charge in [0, 0.05) is 69.2 Å². The number of amides is 3. The summed E-state index contributed by atoms with van der Waals surface area (Å²) in [6.45, 7) is 5.57. The van der Waals surface area contributed by atoms with E-state index >= 15 is 0 Å². The number of hydrogen-bond donors (Lipinski definition) is 5. The van der Waals surface area contributed by atoms with Crippen molar-refractivity contribution >= 4 is 85.2 Å². The van der Waals surface area contributed by atoms with Gasteiger partial charge in [-0.2, -0.15) is 0 Å². The Balaban J connectivity index is 1.11. The molecular weight excluding hydrogens is 676 g/mol. The second-order valence-electron chi connectivity index (χ2n) is 13.3. The maximum Gasteiger partial charge on any atom is 0.414 e. The molecule has 0 radical (unpaired) electrons. The zero-order valence-electron chi connectivity index (χ0n) is 28.0. The number of pyridine rings is 1. The molecule has 0 unspecified atom stereocenters. The van der Waals surface area contributed by atoms with Crippen molar-refractivity contribution in [1.29, 1.82) is 0 Å². The lowest BCUT2D eigenvalue weighted by Crippen LogP contribution is -2.36. The van der Waals surface area contributed by atoms with Crippen LogP contribution in [0.25, 0.3) is 32.7 Å². The quantitative estimate of drug-likeness (QED) is 0.0885. The molecule has 0 fully saturated rings. The van der Waals surface area contributed by atoms with Crippen molar-refractivity contribution in [3.8, 4) is 5.75 Å². The maximum atomic E-state index is 13.5. The summed E-state index contributed by atoms with van der Waals surface area (Å²) in [6.07, 6.45) is 0.810. The van der Waals surface area contributed by atoms with Crippen LogP contribution < -0.4 is 15.5 Å². The topological polar surface area (TPSA) is 179 Å². The fraction of sp³-hybridized carbons (Fsp3) is 0.216. The standard InChI is InChI=1S/C37H33ClN6O7/c1-37(2,3)51-36(49)44-17-21(15-38)31-24-11-20(16-39-32(24)30(45)14-29(31)44)33(46)40-22-5-7-25-18(9-22)12-27(42-25)34(47)41-23-6-8-26-19(10-23)13-28(43-26)35(48)50-4/h5-14,16,21,42-43,45H,15,17H2,1-4H3,(H,40,46)(H,41,47)/t21-/m1/s1. The summed E-state index contributed by atoms with van der Waals surface area (Å²) in [5.41, 5.74) is 3.97. The summed E-state index contributed by atoms with van der Waals surface area (Å²) in [6, 6.07) is 16.9. The van der Waals surface area contributed by atoms with E-state index in [0.29, 0.717) is 50.3 Å². The van der Waals surface area contributed by atoms with Gasteiger partial charge in [-0.05, 0) is 80.9 Å². The second-order valence-corrected chi connectivity index (χ2v) is 13.6. The Morgan fingerprint density at radius 2 is 1.55 bits per heavy atom. The zero-order valence-corrected chi connectivity index (χ0v) is 28.8. The van der Waals surface area contributed by atoms with Crippen molar-refractivity contribution in [3.05, 3.63) is 89.4 Å². The summed E-state index contributed by atoms with van der Waals surface area (Å²) in [4.78, 5) is 63.5. The molecule has 6 aromatic rings. The number of aromatic nitrogens is 3. The first-order chi connectivity index (χ1) is 24.3. The van der Waals surface area contributed by atoms with Crippen molar-refractivity contribution in [3.63, 3.8) is 0 Å². The number of carbonyl (C=O) groups is 4. The molecule has 0 saturated heterocycles. The molecule has 260 valence electrons. The molecule has 0 saturated carbocycles. The molecule has 0 aliphatic carbocycles. The van der Waals surface area contributed by atoms with Crippen LogP contribution in [0.15, 0.2) is 66.9 Å². The van der Waals surface area contributed by atoms with Gasteiger partial charge in [-0.3, -0.25) is 19.5 Å². The molecular formula is C37H33ClN6O7. The average Bonchev–Trinajstić information content (AvgIpc) is 3.82. The van der Waals surface area contributed by atoms with Gasteiger partial charge >= 0.3 is 12.1 Å². The van der Waals surface area contributed by atoms with Gasteiger partial charge < -0.3 is 35.2 Å². The number of alkyl halides is 1. The van der Waals surface area contributed by atoms with Gasteiger partial charge in [0.2, 0.25) is 0 Å². The van der Waals surface area contributed by atoms with E-state index in [1.165, 1.54) is 24.3 Å². The minimum atomic E-state index is -0.725. The van der Waals surface area contributed by atoms with Crippen LogP contribution in [0.2, 0.25) is 0 Å². The van der Waals surface area contributed by atoms with Crippen molar-refractivity contribution in [2.45, 2.75) is 32.3 Å². The van der Waals surface area contributed by atoms with E-state index in [9.17, 15) is 24.3 Å². The van der Waals surface area contributed by atoms with Crippen LogP contribution >= 0.6 is 11.6 Å². The molecule has 1 atom stereocenters. The molecule has 3 aromatic carbocycles. The minimum absolute atomic E-state index is 0.144. The number of aromatic hydroxyl groups is 1. The third kappa shape index (κ3) is 6.39. The Morgan fingerprint density at radius 1 is 0.922 bits per heavy atom. The maximum absolute atomic E-state index is 13.5. The highest BCUT2D eigenvalue weighted by atomic mass is 35.5. The van der Waals surface area contributed by atoms with Crippen molar-refractivity contribution < 1.29 is 33.8 Å². The lowest BCUT2D eigenvalue weighted by Gasteiger charge is -2.25. The third-order valence-corrected chi connectivity index (χ3v) is 8.91. The molecule has 51 heavy (non-hydrogen) atoms. The number of anilines is 3. The number of aromatic amines is 2. The lowest BCUT2D eigenvalue weighted by molar-refractivity contribution is 0.0577. The first-order valence-corrected chi connectivity index (χ1v) is 16.5. The molecule has 7 rings (SSSR count). The van der Waals surface area contributed by atoms with E-state index in [2.05, 4.69) is 25.6 Å². The average molecular weight is 709 g/mol. The first-order valence-electron chi connectivity index (χ1n) is 16.0. The molecule has 3 amide bonds. The smallest absolute Gasteiger partial charge is 0.414 e. The number of nitrogens with zero attached hydrogens (tertiary/aromatic N) is 2. The van der Waals surface area contributed by atoms with Gasteiger partial charge in [0.15, 0.2) is 0 Å². The Morgan fingerprint density at radius 3 is 2.18 bits per heavy atom. The Bertz CT molecular complexity index is 2410. The minimum Gasteiger partial charge on any atom is -0.506 e. The van der Waals surface area contributed by atoms with E-state index in [4.69, 9.17) is 21.1 Å². The Hall–Kier alpha value is -6.08. The second kappa shape index (κ2) is 12.7. The fourth-order valence-corrected chi connectivity index (χ4v) is 6.51. The number of phenolic OH excluding ortho intramolecular Hbond substituents is 1. The van der Waals surface area contributed by atoms with E-state index in [1.54, 1.807) is 75.4 Å². The number of benzene rings is 3. The Labute approximate surface area is 295 Å². The number of ether oxygens (including phenoxy) is 2. The highest BCUT2D eigenvalue weighted by molar-refractivity contribution is 6.19. The van der Waals surface area contributed by atoms with Crippen LogP contribution in [-0.4, -0.2) is 69.1 Å². The number of rotatable bonds is 6. The van der Waals surface area contributed by atoms with Crippen LogP contribution in [0.4, 0.5) is 21.9 Å². The highest BCUT2D eigenvalue weighted by Crippen LogP contribution is 2.45. The number of H-pyrrole nitrogens is 2. The van der Waals surface area contributed by atoms with E-state index < -0.39 is 23.6 Å². The summed E-state index contributed by atoms with van der Waals surface area (Å²) in [7, 11) is 1.30. The summed E-state index contributed by atoms with van der Waals surface area (Å²) >= 11 is 6.35. The number of methoxy groups -OCH3 is 1. The number of phenols is 1. The van der Waals surface area contributed by atoms with Crippen molar-refractivity contribution in [1.82, 2.24) is 15.0 Å². The number of esters is 1. The summed E-state index contributed by atoms with van der Waals surface area (Å²) < 4.78 is 10.4. The van der Waals surface area contributed by atoms with E-state index in [1.807, 2.05) is 0 Å². The largest absolute Gasteiger partial charge is 0.506 e. The highest BCUT2D eigenvalue weighted by Gasteiger charge is 2.37. The Kier molecular flexibility index (Phi) is 8.30. The van der Waals surface area contributed by atoms with Crippen LogP contribution in [0.1, 0.15) is 63.6 Å². The lowest BCUT2D eigenvalue weighted by atomic mass is 9.96. The first kappa shape index (κ1) is 33.4. The predicted octanol–water partition coefficient (Wildman–Crippen LogP) is 7.27. The molecule has 1 aliphatic heterocycles. The predicted molar refractivity (Wildman–Crippen MR) is 194 cm³/mol. The number of halogens is 1. The van der Waals surface area contributed by atoms with Gasteiger partial charge in [-0.15, -0.1) is 11.6 Å². The molecule has 14 heteroatoms. The molecule has 13 nitrogen and oxygen atoms in total. The van der Waals surface area contributed by atoms with Crippen LogP contribution in [-0.2, 0) is 9.47 Å². The third-order valence-electron chi connectivity index (χ3n) is 8.54. The number of fused-ring (bicyclic) bond motifs is 5. The zero-order chi connectivity index (χ0) is 36.2. The van der Waals surface area contributed by atoms with Gasteiger partial charge in [0.25, 0.3) is 11.8 Å². The molecule has 4 heterocycles. The van der Waals surface area contributed by atoms with Gasteiger partial charge in [0.1, 0.15) is 28.3 Å². The SMILES string of the molecule is COC(=O)c1cc2cc(NC(=O)c3cc4cc(NC(=O)c5cnc6c(O)cc7c(c6c5)[C@H](CCl)CN7C(=O)OC(C)(C)C)ccc4[nH]3)ccc2[nH]1. The van der Waals surface area contributed by atoms with Gasteiger partial charge in [-0.25, -0.2) is 9.59 Å². The number of nitrogens with one attached hydrogen (secondary N) is 4. The molecule has 1 aliphatic rings. The van der Waals surface area contributed by atoms with Crippen molar-refractivity contribution in [2.75, 3.05) is 35.1 Å². The summed E-state index contributed by atoms with van der Waals surface area (Å²) in [5, 5.41) is 18.5. The monoisotopic (exact) mass is 708 g/mol. The molecule has 0 bridgehead atoms. The molecule has 5 N–H and O–H groups in total. The summed E-state index contributed by atoms with van der Waals surface area (Å²) in [5.74, 6) is -1.55. The van der Waals surface area contributed by atoms with Gasteiger partial charge in [0.05, 0.1) is 18.4 Å². The molecule has 3 aromatic heterocycles. The number of carbonyl (C=O) groups excluding carboxylic acids is 4. The van der Waals surface area contributed by atoms with Crippen LogP contribution in [0.5, 0.6) is 5.75 Å². The molecule has 0 spiro atoms. The van der Waals surface area contributed by atoms with E-state index in [0.717, 1.165) is 10.9 Å².